The first kappa shape index (κ1) is 17.8. The number of piperazine rings is 1. The number of aromatic nitrogens is 2. The fourth-order valence-electron chi connectivity index (χ4n) is 3.76. The molecule has 2 saturated heterocycles. The number of halogens is 4. The van der Waals surface area contributed by atoms with E-state index in [2.05, 4.69) is 53.4 Å². The third kappa shape index (κ3) is 2.94. The Hall–Kier alpha value is -0.580. The Morgan fingerprint density at radius 1 is 1.28 bits per heavy atom. The number of anilines is 1. The van der Waals surface area contributed by atoms with Gasteiger partial charge >= 0.3 is 6.09 Å². The Balaban J connectivity index is 1.82. The van der Waals surface area contributed by atoms with E-state index in [1.165, 1.54) is 0 Å². The highest BCUT2D eigenvalue weighted by molar-refractivity contribution is 14.1. The lowest BCUT2D eigenvalue weighted by Crippen LogP contribution is -2.55. The lowest BCUT2D eigenvalue weighted by Gasteiger charge is -2.40. The molecule has 6 nitrogen and oxygen atoms in total. The van der Waals surface area contributed by atoms with Crippen LogP contribution in [0.4, 0.5) is 10.6 Å². The zero-order chi connectivity index (χ0) is 17.9. The third-order valence-electron chi connectivity index (χ3n) is 4.78. The predicted octanol–water partition coefficient (Wildman–Crippen LogP) is 4.63. The van der Waals surface area contributed by atoms with Gasteiger partial charge in [0.2, 0.25) is 5.28 Å². The number of hydrogen-bond acceptors (Lipinski definition) is 4. The maximum absolute atomic E-state index is 11.5. The van der Waals surface area contributed by atoms with Gasteiger partial charge in [0.25, 0.3) is 0 Å². The van der Waals surface area contributed by atoms with Gasteiger partial charge in [0.05, 0.1) is 27.1 Å². The van der Waals surface area contributed by atoms with Crippen LogP contribution in [-0.4, -0.2) is 51.2 Å². The molecule has 2 bridgehead atoms. The molecular formula is C15H12BrCl2IN4O2. The second kappa shape index (κ2) is 6.54. The standard InChI is InChI=1S/C15H12BrCl2IN4O2/c16-10-9(19)3-8-12(11(10)17)20-14(18)21-13(8)22-4-6-1-2-7(5-22)23(6)15(24)25/h3,6-7H,1-2,4-5H2,(H,24,25)/t6-,7+. The van der Waals surface area contributed by atoms with Gasteiger partial charge in [-0.3, -0.25) is 4.90 Å². The maximum atomic E-state index is 11.5. The van der Waals surface area contributed by atoms with Gasteiger partial charge in [-0.2, -0.15) is 4.98 Å². The van der Waals surface area contributed by atoms with E-state index in [1.54, 1.807) is 4.90 Å². The normalized spacial score (nSPS) is 22.7. The quantitative estimate of drug-likeness (QED) is 0.314. The van der Waals surface area contributed by atoms with E-state index < -0.39 is 6.09 Å². The predicted molar refractivity (Wildman–Crippen MR) is 109 cm³/mol. The summed E-state index contributed by atoms with van der Waals surface area (Å²) in [6.07, 6.45) is 0.890. The van der Waals surface area contributed by atoms with Crippen molar-refractivity contribution in [2.75, 3.05) is 18.0 Å². The van der Waals surface area contributed by atoms with Gasteiger partial charge in [0.15, 0.2) is 0 Å². The van der Waals surface area contributed by atoms with Gasteiger partial charge in [-0.1, -0.05) is 11.6 Å². The molecule has 0 aliphatic carbocycles. The van der Waals surface area contributed by atoms with Crippen LogP contribution in [0.2, 0.25) is 10.3 Å². The van der Waals surface area contributed by atoms with Crippen LogP contribution in [0.3, 0.4) is 0 Å². The Labute approximate surface area is 175 Å². The molecule has 10 heteroatoms. The molecule has 25 heavy (non-hydrogen) atoms. The van der Waals surface area contributed by atoms with Crippen LogP contribution in [0.25, 0.3) is 10.9 Å². The van der Waals surface area contributed by atoms with Crippen molar-refractivity contribution >= 4 is 84.5 Å². The zero-order valence-electron chi connectivity index (χ0n) is 12.7. The van der Waals surface area contributed by atoms with Crippen molar-refractivity contribution < 1.29 is 9.90 Å². The summed E-state index contributed by atoms with van der Waals surface area (Å²) in [4.78, 5) is 23.9. The van der Waals surface area contributed by atoms with Crippen LogP contribution in [0.1, 0.15) is 12.8 Å². The Bertz CT molecular complexity index is 886. The maximum Gasteiger partial charge on any atom is 0.407 e. The minimum Gasteiger partial charge on any atom is -0.465 e. The van der Waals surface area contributed by atoms with Gasteiger partial charge in [0, 0.05) is 22.0 Å². The molecule has 0 saturated carbocycles. The largest absolute Gasteiger partial charge is 0.465 e. The van der Waals surface area contributed by atoms with Crippen molar-refractivity contribution in [3.8, 4) is 0 Å². The fraction of sp³-hybridized carbons (Fsp3) is 0.400. The van der Waals surface area contributed by atoms with E-state index in [-0.39, 0.29) is 17.4 Å². The van der Waals surface area contributed by atoms with Crippen molar-refractivity contribution in [2.24, 2.45) is 0 Å². The van der Waals surface area contributed by atoms with Crippen LogP contribution < -0.4 is 4.90 Å². The molecule has 1 N–H and O–H groups in total. The van der Waals surface area contributed by atoms with Crippen molar-refractivity contribution in [3.63, 3.8) is 0 Å². The summed E-state index contributed by atoms with van der Waals surface area (Å²) in [5.41, 5.74) is 0.594. The first-order chi connectivity index (χ1) is 11.9. The number of hydrogen-bond donors (Lipinski definition) is 1. The smallest absolute Gasteiger partial charge is 0.407 e. The lowest BCUT2D eigenvalue weighted by molar-refractivity contribution is 0.114. The molecule has 2 atom stereocenters. The second-order valence-corrected chi connectivity index (χ2v) is 8.85. The molecule has 1 aromatic heterocycles. The summed E-state index contributed by atoms with van der Waals surface area (Å²) in [7, 11) is 0. The summed E-state index contributed by atoms with van der Waals surface area (Å²) in [6, 6.07) is 1.93. The number of fused-ring (bicyclic) bond motifs is 3. The molecule has 2 fully saturated rings. The number of nitrogens with zero attached hydrogens (tertiary/aromatic N) is 4. The van der Waals surface area contributed by atoms with Crippen LogP contribution in [0, 0.1) is 3.57 Å². The highest BCUT2D eigenvalue weighted by atomic mass is 127. The highest BCUT2D eigenvalue weighted by Crippen LogP contribution is 2.40. The SMILES string of the molecule is O=C(O)N1[C@@H]2CC[C@H]1CN(c1nc(Cl)nc3c(Cl)c(Br)c(I)cc13)C2. The topological polar surface area (TPSA) is 69.6 Å². The summed E-state index contributed by atoms with van der Waals surface area (Å²) < 4.78 is 1.73. The molecule has 2 aliphatic rings. The van der Waals surface area contributed by atoms with Crippen LogP contribution in [0.5, 0.6) is 0 Å². The third-order valence-corrected chi connectivity index (χ3v) is 7.96. The van der Waals surface area contributed by atoms with Gasteiger partial charge in [-0.15, -0.1) is 0 Å². The molecule has 4 rings (SSSR count). The number of benzene rings is 1. The second-order valence-electron chi connectivity index (χ2n) is 6.18. The number of amides is 1. The average molecular weight is 558 g/mol. The average Bonchev–Trinajstić information content (AvgIpc) is 2.84. The van der Waals surface area contributed by atoms with Crippen molar-refractivity contribution in [3.05, 3.63) is 24.4 Å². The van der Waals surface area contributed by atoms with Crippen LogP contribution in [-0.2, 0) is 0 Å². The minimum atomic E-state index is -0.848. The molecule has 0 spiro atoms. The molecular weight excluding hydrogens is 546 g/mol. The van der Waals surface area contributed by atoms with Gasteiger partial charge in [0.1, 0.15) is 5.82 Å². The van der Waals surface area contributed by atoms with E-state index >= 15 is 0 Å². The first-order valence-electron chi connectivity index (χ1n) is 7.63. The monoisotopic (exact) mass is 556 g/mol. The molecule has 0 unspecified atom stereocenters. The van der Waals surface area contributed by atoms with Crippen LogP contribution in [0.15, 0.2) is 10.5 Å². The summed E-state index contributed by atoms with van der Waals surface area (Å²) in [6.45, 7) is 1.19. The van der Waals surface area contributed by atoms with E-state index in [1.807, 2.05) is 6.07 Å². The molecule has 2 aliphatic heterocycles. The highest BCUT2D eigenvalue weighted by Gasteiger charge is 2.43. The minimum absolute atomic E-state index is 0.0231. The van der Waals surface area contributed by atoms with Crippen molar-refractivity contribution in [1.29, 1.82) is 0 Å². The summed E-state index contributed by atoms with van der Waals surface area (Å²) >= 11 is 18.3. The number of carbonyl (C=O) groups is 1. The van der Waals surface area contributed by atoms with Gasteiger partial charge < -0.3 is 10.0 Å². The molecule has 3 heterocycles. The number of rotatable bonds is 1. The van der Waals surface area contributed by atoms with E-state index in [0.29, 0.717) is 29.4 Å². The van der Waals surface area contributed by atoms with Crippen molar-refractivity contribution in [1.82, 2.24) is 14.9 Å². The van der Waals surface area contributed by atoms with E-state index in [4.69, 9.17) is 23.2 Å². The Morgan fingerprint density at radius 2 is 1.92 bits per heavy atom. The van der Waals surface area contributed by atoms with Gasteiger partial charge in [-0.05, 0) is 69.0 Å². The summed E-state index contributed by atoms with van der Waals surface area (Å²) in [5, 5.41) is 10.9. The van der Waals surface area contributed by atoms with E-state index in [0.717, 1.165) is 26.3 Å². The Morgan fingerprint density at radius 3 is 2.52 bits per heavy atom. The molecule has 1 amide bonds. The molecule has 0 radical (unpaired) electrons. The molecule has 132 valence electrons. The first-order valence-corrected chi connectivity index (χ1v) is 10.3. The Kier molecular flexibility index (Phi) is 4.66. The molecule has 2 aromatic rings. The fourth-order valence-corrected chi connectivity index (χ4v) is 5.21. The zero-order valence-corrected chi connectivity index (χ0v) is 18.0. The van der Waals surface area contributed by atoms with E-state index in [9.17, 15) is 9.90 Å². The van der Waals surface area contributed by atoms with Gasteiger partial charge in [-0.25, -0.2) is 9.78 Å². The van der Waals surface area contributed by atoms with Crippen LogP contribution >= 0.6 is 61.7 Å². The summed E-state index contributed by atoms with van der Waals surface area (Å²) in [5.74, 6) is 0.712. The lowest BCUT2D eigenvalue weighted by atomic mass is 10.1. The number of carboxylic acid groups (broad SMARTS) is 1. The van der Waals surface area contributed by atoms with Crippen molar-refractivity contribution in [2.45, 2.75) is 24.9 Å². The molecule has 1 aromatic carbocycles.